The van der Waals surface area contributed by atoms with Crippen molar-refractivity contribution in [1.82, 2.24) is 5.32 Å². The summed E-state index contributed by atoms with van der Waals surface area (Å²) < 4.78 is 33.2. The Labute approximate surface area is 202 Å². The standard InChI is InChI=1S/C27H32N2O4S/c1-20(21-11-13-22(14-12-21)27(2,3)4)28-26(30)19-29(23-9-7-6-8-10-23)34(31,32)25-17-15-24(33-5)16-18-25/h6-18,20H,19H2,1-5H3,(H,28,30)/t20-/m1/s1. The predicted molar refractivity (Wildman–Crippen MR) is 136 cm³/mol. The van der Waals surface area contributed by atoms with Crippen LogP contribution in [0.25, 0.3) is 0 Å². The molecule has 34 heavy (non-hydrogen) atoms. The minimum absolute atomic E-state index is 0.0387. The van der Waals surface area contributed by atoms with E-state index in [2.05, 4.69) is 38.2 Å². The number of ether oxygens (including phenoxy) is 1. The van der Waals surface area contributed by atoms with Gasteiger partial charge in [-0.3, -0.25) is 9.10 Å². The normalized spacial score (nSPS) is 12.6. The van der Waals surface area contributed by atoms with Gasteiger partial charge in [0.1, 0.15) is 12.3 Å². The van der Waals surface area contributed by atoms with Crippen LogP contribution in [-0.4, -0.2) is 28.0 Å². The summed E-state index contributed by atoms with van der Waals surface area (Å²) in [5, 5.41) is 2.93. The van der Waals surface area contributed by atoms with Gasteiger partial charge in [0.05, 0.1) is 23.7 Å². The van der Waals surface area contributed by atoms with E-state index in [0.717, 1.165) is 9.87 Å². The number of rotatable bonds is 8. The third-order valence-electron chi connectivity index (χ3n) is 5.63. The quantitative estimate of drug-likeness (QED) is 0.489. The fraction of sp³-hybridized carbons (Fsp3) is 0.296. The number of carbonyl (C=O) groups is 1. The fourth-order valence-corrected chi connectivity index (χ4v) is 4.98. The third kappa shape index (κ3) is 5.97. The Morgan fingerprint density at radius 3 is 2.06 bits per heavy atom. The average Bonchev–Trinajstić information content (AvgIpc) is 2.82. The van der Waals surface area contributed by atoms with Crippen molar-refractivity contribution in [1.29, 1.82) is 0 Å². The van der Waals surface area contributed by atoms with E-state index >= 15 is 0 Å². The van der Waals surface area contributed by atoms with Gasteiger partial charge in [-0.2, -0.15) is 0 Å². The number of nitrogens with one attached hydrogen (secondary N) is 1. The van der Waals surface area contributed by atoms with Crippen LogP contribution in [0, 0.1) is 0 Å². The SMILES string of the molecule is COc1ccc(S(=O)(=O)N(CC(=O)N[C@H](C)c2ccc(C(C)(C)C)cc2)c2ccccc2)cc1. The summed E-state index contributed by atoms with van der Waals surface area (Å²) in [6, 6.07) is 22.6. The molecule has 0 radical (unpaired) electrons. The van der Waals surface area contributed by atoms with E-state index in [4.69, 9.17) is 4.74 Å². The van der Waals surface area contributed by atoms with Crippen molar-refractivity contribution in [2.75, 3.05) is 18.0 Å². The van der Waals surface area contributed by atoms with Crippen molar-refractivity contribution in [3.05, 3.63) is 90.0 Å². The molecule has 1 amide bonds. The zero-order valence-electron chi connectivity index (χ0n) is 20.3. The molecule has 1 N–H and O–H groups in total. The van der Waals surface area contributed by atoms with Crippen molar-refractivity contribution in [3.63, 3.8) is 0 Å². The highest BCUT2D eigenvalue weighted by atomic mass is 32.2. The molecule has 0 aromatic heterocycles. The van der Waals surface area contributed by atoms with Crippen LogP contribution in [-0.2, 0) is 20.2 Å². The highest BCUT2D eigenvalue weighted by Crippen LogP contribution is 2.26. The molecule has 3 aromatic carbocycles. The molecule has 0 saturated heterocycles. The maximum absolute atomic E-state index is 13.5. The Kier molecular flexibility index (Phi) is 7.67. The van der Waals surface area contributed by atoms with E-state index < -0.39 is 15.9 Å². The van der Waals surface area contributed by atoms with Crippen LogP contribution in [0.1, 0.15) is 44.9 Å². The first-order valence-electron chi connectivity index (χ1n) is 11.1. The lowest BCUT2D eigenvalue weighted by molar-refractivity contribution is -0.120. The van der Waals surface area contributed by atoms with E-state index in [1.807, 2.05) is 19.1 Å². The smallest absolute Gasteiger partial charge is 0.264 e. The summed E-state index contributed by atoms with van der Waals surface area (Å²) in [7, 11) is -2.46. The van der Waals surface area contributed by atoms with Gasteiger partial charge in [0.15, 0.2) is 0 Å². The minimum Gasteiger partial charge on any atom is -0.497 e. The molecule has 0 heterocycles. The fourth-order valence-electron chi connectivity index (χ4n) is 3.56. The molecule has 0 fully saturated rings. The lowest BCUT2D eigenvalue weighted by atomic mass is 9.86. The molecule has 0 bridgehead atoms. The number of para-hydroxylation sites is 1. The van der Waals surface area contributed by atoms with Gasteiger partial charge in [-0.05, 0) is 59.9 Å². The Balaban J connectivity index is 1.82. The second kappa shape index (κ2) is 10.3. The van der Waals surface area contributed by atoms with E-state index in [1.54, 1.807) is 42.5 Å². The van der Waals surface area contributed by atoms with Crippen LogP contribution in [0.2, 0.25) is 0 Å². The largest absolute Gasteiger partial charge is 0.497 e. The van der Waals surface area contributed by atoms with Crippen LogP contribution >= 0.6 is 0 Å². The average molecular weight is 481 g/mol. The summed E-state index contributed by atoms with van der Waals surface area (Å²) >= 11 is 0. The summed E-state index contributed by atoms with van der Waals surface area (Å²) in [5.74, 6) is 0.155. The Bertz CT molecular complexity index is 1200. The Hall–Kier alpha value is -3.32. The maximum Gasteiger partial charge on any atom is 0.264 e. The summed E-state index contributed by atoms with van der Waals surface area (Å²) in [4.78, 5) is 13.1. The van der Waals surface area contributed by atoms with Crippen LogP contribution in [0.5, 0.6) is 5.75 Å². The van der Waals surface area contributed by atoms with Crippen LogP contribution in [0.3, 0.4) is 0 Å². The second-order valence-electron chi connectivity index (χ2n) is 9.18. The number of hydrogen-bond acceptors (Lipinski definition) is 4. The lowest BCUT2D eigenvalue weighted by Crippen LogP contribution is -2.41. The van der Waals surface area contributed by atoms with Crippen LogP contribution < -0.4 is 14.4 Å². The van der Waals surface area contributed by atoms with E-state index in [9.17, 15) is 13.2 Å². The van der Waals surface area contributed by atoms with Crippen molar-refractivity contribution in [2.45, 2.75) is 44.0 Å². The van der Waals surface area contributed by atoms with Crippen LogP contribution in [0.15, 0.2) is 83.8 Å². The molecule has 3 aromatic rings. The number of benzene rings is 3. The van der Waals surface area contributed by atoms with Gasteiger partial charge in [-0.1, -0.05) is 63.2 Å². The monoisotopic (exact) mass is 480 g/mol. The summed E-state index contributed by atoms with van der Waals surface area (Å²) in [6.07, 6.45) is 0. The molecule has 7 heteroatoms. The summed E-state index contributed by atoms with van der Waals surface area (Å²) in [5.41, 5.74) is 2.61. The molecule has 6 nitrogen and oxygen atoms in total. The van der Waals surface area contributed by atoms with Gasteiger partial charge >= 0.3 is 0 Å². The minimum atomic E-state index is -3.98. The molecular formula is C27H32N2O4S. The number of hydrogen-bond donors (Lipinski definition) is 1. The predicted octanol–water partition coefficient (Wildman–Crippen LogP) is 5.07. The Morgan fingerprint density at radius 1 is 0.941 bits per heavy atom. The van der Waals surface area contributed by atoms with E-state index in [1.165, 1.54) is 24.8 Å². The number of amides is 1. The third-order valence-corrected chi connectivity index (χ3v) is 7.42. The maximum atomic E-state index is 13.5. The number of nitrogens with zero attached hydrogens (tertiary/aromatic N) is 1. The van der Waals surface area contributed by atoms with Gasteiger partial charge in [0.25, 0.3) is 10.0 Å². The molecule has 0 aliphatic heterocycles. The zero-order chi connectivity index (χ0) is 24.9. The first-order valence-corrected chi connectivity index (χ1v) is 12.6. The first kappa shape index (κ1) is 25.3. The molecule has 0 aliphatic carbocycles. The van der Waals surface area contributed by atoms with E-state index in [-0.39, 0.29) is 22.9 Å². The zero-order valence-corrected chi connectivity index (χ0v) is 21.1. The number of sulfonamides is 1. The second-order valence-corrected chi connectivity index (χ2v) is 11.0. The van der Waals surface area contributed by atoms with Crippen LogP contribution in [0.4, 0.5) is 5.69 Å². The molecular weight excluding hydrogens is 448 g/mol. The molecule has 0 aliphatic rings. The lowest BCUT2D eigenvalue weighted by Gasteiger charge is -2.25. The topological polar surface area (TPSA) is 75.7 Å². The summed E-state index contributed by atoms with van der Waals surface area (Å²) in [6.45, 7) is 7.98. The van der Waals surface area contributed by atoms with Gasteiger partial charge in [0.2, 0.25) is 5.91 Å². The van der Waals surface area contributed by atoms with Crippen molar-refractivity contribution < 1.29 is 17.9 Å². The van der Waals surface area contributed by atoms with Crippen molar-refractivity contribution in [2.24, 2.45) is 0 Å². The highest BCUT2D eigenvalue weighted by Gasteiger charge is 2.27. The Morgan fingerprint density at radius 2 is 1.53 bits per heavy atom. The number of carbonyl (C=O) groups excluding carboxylic acids is 1. The number of anilines is 1. The molecule has 3 rings (SSSR count). The molecule has 0 spiro atoms. The van der Waals surface area contributed by atoms with Gasteiger partial charge in [-0.15, -0.1) is 0 Å². The molecule has 180 valence electrons. The molecule has 0 unspecified atom stereocenters. The van der Waals surface area contributed by atoms with Gasteiger partial charge < -0.3 is 10.1 Å². The number of methoxy groups -OCH3 is 1. The van der Waals surface area contributed by atoms with E-state index in [0.29, 0.717) is 11.4 Å². The van der Waals surface area contributed by atoms with Crippen molar-refractivity contribution >= 4 is 21.6 Å². The van der Waals surface area contributed by atoms with Gasteiger partial charge in [0, 0.05) is 0 Å². The highest BCUT2D eigenvalue weighted by molar-refractivity contribution is 7.92. The van der Waals surface area contributed by atoms with Gasteiger partial charge in [-0.25, -0.2) is 8.42 Å². The van der Waals surface area contributed by atoms with Crippen molar-refractivity contribution in [3.8, 4) is 5.75 Å². The first-order chi connectivity index (χ1) is 16.0. The molecule has 0 saturated carbocycles. The molecule has 1 atom stereocenters.